The van der Waals surface area contributed by atoms with Crippen LogP contribution in [-0.4, -0.2) is 26.0 Å². The standard InChI is InChI=1S/C14H17F3N2O/c1-18-13(20)12-8-19-7-6-11(12)9-2-4-10(5-3-9)14(15,16)17/h2-5,11-12,19H,6-8H2,1H3,(H,18,20). The van der Waals surface area contributed by atoms with Gasteiger partial charge < -0.3 is 10.6 Å². The molecule has 1 amide bonds. The molecule has 0 saturated carbocycles. The molecule has 1 fully saturated rings. The fourth-order valence-corrected chi connectivity index (χ4v) is 2.64. The van der Waals surface area contributed by atoms with Crippen LogP contribution in [0.3, 0.4) is 0 Å². The van der Waals surface area contributed by atoms with Crippen LogP contribution in [-0.2, 0) is 11.0 Å². The topological polar surface area (TPSA) is 41.1 Å². The van der Waals surface area contributed by atoms with Gasteiger partial charge in [0, 0.05) is 13.6 Å². The van der Waals surface area contributed by atoms with Crippen molar-refractivity contribution < 1.29 is 18.0 Å². The number of hydrogen-bond acceptors (Lipinski definition) is 2. The third kappa shape index (κ3) is 3.12. The second-order valence-electron chi connectivity index (χ2n) is 4.94. The highest BCUT2D eigenvalue weighted by Crippen LogP contribution is 2.34. The number of halogens is 3. The van der Waals surface area contributed by atoms with E-state index in [9.17, 15) is 18.0 Å². The summed E-state index contributed by atoms with van der Waals surface area (Å²) in [5, 5.41) is 5.76. The summed E-state index contributed by atoms with van der Waals surface area (Å²) < 4.78 is 37.6. The van der Waals surface area contributed by atoms with Gasteiger partial charge in [-0.3, -0.25) is 4.79 Å². The molecule has 20 heavy (non-hydrogen) atoms. The van der Waals surface area contributed by atoms with Gasteiger partial charge in [0.15, 0.2) is 0 Å². The third-order valence-corrected chi connectivity index (χ3v) is 3.73. The molecule has 1 aromatic carbocycles. The predicted molar refractivity (Wildman–Crippen MR) is 69.2 cm³/mol. The third-order valence-electron chi connectivity index (χ3n) is 3.73. The molecule has 6 heteroatoms. The molecule has 2 N–H and O–H groups in total. The van der Waals surface area contributed by atoms with Gasteiger partial charge in [-0.05, 0) is 36.6 Å². The maximum atomic E-state index is 12.5. The van der Waals surface area contributed by atoms with Crippen molar-refractivity contribution in [3.05, 3.63) is 35.4 Å². The lowest BCUT2D eigenvalue weighted by molar-refractivity contribution is -0.137. The first-order valence-corrected chi connectivity index (χ1v) is 6.53. The number of carbonyl (C=O) groups is 1. The second-order valence-corrected chi connectivity index (χ2v) is 4.94. The fraction of sp³-hybridized carbons (Fsp3) is 0.500. The van der Waals surface area contributed by atoms with E-state index in [4.69, 9.17) is 0 Å². The number of hydrogen-bond donors (Lipinski definition) is 2. The Morgan fingerprint density at radius 2 is 1.95 bits per heavy atom. The number of nitrogens with one attached hydrogen (secondary N) is 2. The minimum Gasteiger partial charge on any atom is -0.359 e. The first-order chi connectivity index (χ1) is 9.43. The van der Waals surface area contributed by atoms with Gasteiger partial charge in [0.1, 0.15) is 0 Å². The molecular formula is C14H17F3N2O. The molecule has 110 valence electrons. The summed E-state index contributed by atoms with van der Waals surface area (Å²) in [6.45, 7) is 1.31. The summed E-state index contributed by atoms with van der Waals surface area (Å²) in [4.78, 5) is 11.8. The second kappa shape index (κ2) is 5.83. The Balaban J connectivity index is 2.22. The van der Waals surface area contributed by atoms with Crippen LogP contribution in [0.4, 0.5) is 13.2 Å². The van der Waals surface area contributed by atoms with Crippen molar-refractivity contribution in [2.75, 3.05) is 20.1 Å². The molecule has 0 aromatic heterocycles. The van der Waals surface area contributed by atoms with E-state index in [0.29, 0.717) is 6.54 Å². The normalized spacial score (nSPS) is 23.4. The summed E-state index contributed by atoms with van der Waals surface area (Å²) in [6, 6.07) is 5.13. The van der Waals surface area contributed by atoms with Crippen molar-refractivity contribution in [2.24, 2.45) is 5.92 Å². The van der Waals surface area contributed by atoms with Gasteiger partial charge >= 0.3 is 6.18 Å². The highest BCUT2D eigenvalue weighted by molar-refractivity contribution is 5.79. The van der Waals surface area contributed by atoms with Crippen LogP contribution < -0.4 is 10.6 Å². The van der Waals surface area contributed by atoms with Crippen molar-refractivity contribution in [2.45, 2.75) is 18.5 Å². The van der Waals surface area contributed by atoms with Gasteiger partial charge in [-0.15, -0.1) is 0 Å². The summed E-state index contributed by atoms with van der Waals surface area (Å²) >= 11 is 0. The van der Waals surface area contributed by atoms with Crippen molar-refractivity contribution in [1.29, 1.82) is 0 Å². The summed E-state index contributed by atoms with van der Waals surface area (Å²) in [5.41, 5.74) is 0.125. The first kappa shape index (κ1) is 14.8. The maximum Gasteiger partial charge on any atom is 0.416 e. The SMILES string of the molecule is CNC(=O)C1CNCCC1c1ccc(C(F)(F)F)cc1. The summed E-state index contributed by atoms with van der Waals surface area (Å²) in [5.74, 6) is -0.369. The molecule has 2 unspecified atom stereocenters. The van der Waals surface area contributed by atoms with Crippen molar-refractivity contribution in [1.82, 2.24) is 10.6 Å². The average molecular weight is 286 g/mol. The molecule has 0 bridgehead atoms. The molecule has 0 radical (unpaired) electrons. The van der Waals surface area contributed by atoms with Crippen molar-refractivity contribution >= 4 is 5.91 Å². The summed E-state index contributed by atoms with van der Waals surface area (Å²) in [6.07, 6.45) is -3.59. The first-order valence-electron chi connectivity index (χ1n) is 6.53. The molecular weight excluding hydrogens is 269 g/mol. The quantitative estimate of drug-likeness (QED) is 0.874. The molecule has 1 aliphatic rings. The molecule has 0 aliphatic carbocycles. The summed E-state index contributed by atoms with van der Waals surface area (Å²) in [7, 11) is 1.57. The highest BCUT2D eigenvalue weighted by atomic mass is 19.4. The largest absolute Gasteiger partial charge is 0.416 e. The minimum absolute atomic E-state index is 0.0431. The number of amides is 1. The fourth-order valence-electron chi connectivity index (χ4n) is 2.64. The van der Waals surface area contributed by atoms with Crippen LogP contribution in [0.2, 0.25) is 0 Å². The van der Waals surface area contributed by atoms with E-state index in [1.807, 2.05) is 0 Å². The van der Waals surface area contributed by atoms with E-state index in [-0.39, 0.29) is 17.7 Å². The Bertz CT molecular complexity index is 470. The smallest absolute Gasteiger partial charge is 0.359 e. The van der Waals surface area contributed by atoms with Crippen LogP contribution in [0, 0.1) is 5.92 Å². The van der Waals surface area contributed by atoms with Crippen LogP contribution in [0.1, 0.15) is 23.5 Å². The number of rotatable bonds is 2. The van der Waals surface area contributed by atoms with E-state index in [1.165, 1.54) is 12.1 Å². The molecule has 1 aromatic rings. The van der Waals surface area contributed by atoms with Crippen LogP contribution in [0.5, 0.6) is 0 Å². The Hall–Kier alpha value is -1.56. The lowest BCUT2D eigenvalue weighted by Crippen LogP contribution is -2.43. The number of benzene rings is 1. The Morgan fingerprint density at radius 3 is 2.50 bits per heavy atom. The van der Waals surface area contributed by atoms with Crippen molar-refractivity contribution in [3.63, 3.8) is 0 Å². The molecule has 1 aliphatic heterocycles. The van der Waals surface area contributed by atoms with Crippen LogP contribution in [0.25, 0.3) is 0 Å². The van der Waals surface area contributed by atoms with E-state index in [2.05, 4.69) is 10.6 Å². The van der Waals surface area contributed by atoms with Crippen molar-refractivity contribution in [3.8, 4) is 0 Å². The number of alkyl halides is 3. The average Bonchev–Trinajstić information content (AvgIpc) is 2.45. The Morgan fingerprint density at radius 1 is 1.30 bits per heavy atom. The molecule has 1 saturated heterocycles. The molecule has 1 heterocycles. The molecule has 2 rings (SSSR count). The van der Waals surface area contributed by atoms with E-state index >= 15 is 0 Å². The zero-order valence-electron chi connectivity index (χ0n) is 11.1. The van der Waals surface area contributed by atoms with Gasteiger partial charge in [-0.1, -0.05) is 12.1 Å². The van der Waals surface area contributed by atoms with E-state index in [0.717, 1.165) is 30.7 Å². The highest BCUT2D eigenvalue weighted by Gasteiger charge is 2.33. The Kier molecular flexibility index (Phi) is 4.32. The molecule has 0 spiro atoms. The van der Waals surface area contributed by atoms with Gasteiger partial charge in [0.05, 0.1) is 11.5 Å². The van der Waals surface area contributed by atoms with E-state index in [1.54, 1.807) is 7.05 Å². The molecule has 2 atom stereocenters. The van der Waals surface area contributed by atoms with Crippen LogP contribution in [0.15, 0.2) is 24.3 Å². The monoisotopic (exact) mass is 286 g/mol. The van der Waals surface area contributed by atoms with E-state index < -0.39 is 11.7 Å². The van der Waals surface area contributed by atoms with Gasteiger partial charge in [0.25, 0.3) is 0 Å². The number of carbonyl (C=O) groups excluding carboxylic acids is 1. The lowest BCUT2D eigenvalue weighted by atomic mass is 9.80. The predicted octanol–water partition coefficient (Wildman–Crippen LogP) is 2.14. The minimum atomic E-state index is -4.33. The molecule has 3 nitrogen and oxygen atoms in total. The van der Waals surface area contributed by atoms with Gasteiger partial charge in [-0.2, -0.15) is 13.2 Å². The Labute approximate surface area is 115 Å². The number of piperidine rings is 1. The zero-order valence-corrected chi connectivity index (χ0v) is 11.1. The lowest BCUT2D eigenvalue weighted by Gasteiger charge is -2.31. The van der Waals surface area contributed by atoms with Crippen LogP contribution >= 0.6 is 0 Å². The maximum absolute atomic E-state index is 12.5. The van der Waals surface area contributed by atoms with Gasteiger partial charge in [0.2, 0.25) is 5.91 Å². The zero-order chi connectivity index (χ0) is 14.8. The van der Waals surface area contributed by atoms with Gasteiger partial charge in [-0.25, -0.2) is 0 Å².